The molecule has 1 amide bonds. The largest absolute Gasteiger partial charge is 0.480 e. The highest BCUT2D eigenvalue weighted by Crippen LogP contribution is 1.93. The molecule has 0 fully saturated rings. The summed E-state index contributed by atoms with van der Waals surface area (Å²) < 4.78 is 0. The van der Waals surface area contributed by atoms with Crippen molar-refractivity contribution in [3.05, 3.63) is 0 Å². The van der Waals surface area contributed by atoms with Crippen LogP contribution in [0.4, 0.5) is 0 Å². The van der Waals surface area contributed by atoms with Crippen LogP contribution in [0.1, 0.15) is 25.7 Å². The van der Waals surface area contributed by atoms with Crippen LogP contribution in [-0.4, -0.2) is 52.6 Å². The Kier molecular flexibility index (Phi) is 12.3. The molecule has 0 heterocycles. The number of guanidine groups is 1. The van der Waals surface area contributed by atoms with Crippen molar-refractivity contribution in [1.29, 1.82) is 5.41 Å². The summed E-state index contributed by atoms with van der Waals surface area (Å²) in [4.78, 5) is 30.3. The Bertz CT molecular complexity index is 389. The number of amides is 1. The fraction of sp³-hybridized carbons (Fsp3) is 0.636. The van der Waals surface area contributed by atoms with Crippen molar-refractivity contribution in [2.75, 3.05) is 6.54 Å². The predicted molar refractivity (Wildman–Crippen MR) is 78.8 cm³/mol. The van der Waals surface area contributed by atoms with Gasteiger partial charge >= 0.3 is 11.9 Å². The fourth-order valence-corrected chi connectivity index (χ4v) is 1.09. The Morgan fingerprint density at radius 2 is 1.45 bits per heavy atom. The van der Waals surface area contributed by atoms with Gasteiger partial charge in [0, 0.05) is 13.0 Å². The maximum atomic E-state index is 10.2. The third-order valence-electron chi connectivity index (χ3n) is 2.34. The number of carbonyl (C=O) groups excluding carboxylic acids is 1. The minimum absolute atomic E-state index is 0.0213. The monoisotopic (exact) mass is 320 g/mol. The first-order chi connectivity index (χ1) is 10.1. The summed E-state index contributed by atoms with van der Waals surface area (Å²) in [5.41, 5.74) is 20.0. The van der Waals surface area contributed by atoms with E-state index in [2.05, 4.69) is 5.32 Å². The van der Waals surface area contributed by atoms with Crippen molar-refractivity contribution in [3.8, 4) is 0 Å². The minimum atomic E-state index is -1.11. The molecule has 12 N–H and O–H groups in total. The number of nitrogens with one attached hydrogen (secondary N) is 2. The van der Waals surface area contributed by atoms with Crippen molar-refractivity contribution >= 4 is 23.8 Å². The molecule has 0 spiro atoms. The molecule has 0 radical (unpaired) electrons. The van der Waals surface area contributed by atoms with E-state index in [1.165, 1.54) is 0 Å². The molecule has 128 valence electrons. The van der Waals surface area contributed by atoms with E-state index in [0.29, 0.717) is 19.4 Å². The number of hydrogen-bond acceptors (Lipinski definition) is 6. The molecule has 0 saturated carbocycles. The summed E-state index contributed by atoms with van der Waals surface area (Å²) in [6.45, 7) is 0.482. The van der Waals surface area contributed by atoms with Crippen LogP contribution in [0.25, 0.3) is 0 Å². The van der Waals surface area contributed by atoms with Crippen LogP contribution < -0.4 is 28.3 Å². The van der Waals surface area contributed by atoms with E-state index in [1.54, 1.807) is 0 Å². The number of carboxylic acid groups (broad SMARTS) is 2. The first-order valence-electron chi connectivity index (χ1n) is 6.40. The zero-order valence-electron chi connectivity index (χ0n) is 12.1. The predicted octanol–water partition coefficient (Wildman–Crippen LogP) is -2.67. The van der Waals surface area contributed by atoms with Gasteiger partial charge in [-0.05, 0) is 19.3 Å². The lowest BCUT2D eigenvalue weighted by Crippen LogP contribution is -2.34. The van der Waals surface area contributed by atoms with Gasteiger partial charge in [-0.1, -0.05) is 0 Å². The lowest BCUT2D eigenvalue weighted by atomic mass is 10.2. The zero-order valence-corrected chi connectivity index (χ0v) is 12.1. The topological polar surface area (TPSA) is 232 Å². The van der Waals surface area contributed by atoms with Crippen LogP contribution in [0.2, 0.25) is 0 Å². The van der Waals surface area contributed by atoms with Gasteiger partial charge in [-0.25, -0.2) is 0 Å². The Balaban J connectivity index is 0. The SMILES string of the molecule is N=C(N)NCCC[C@H](N)C(=O)O.NC(=O)CC[C@H](N)C(=O)O. The highest BCUT2D eigenvalue weighted by Gasteiger charge is 2.11. The Morgan fingerprint density at radius 3 is 1.82 bits per heavy atom. The van der Waals surface area contributed by atoms with Crippen molar-refractivity contribution in [1.82, 2.24) is 5.32 Å². The van der Waals surface area contributed by atoms with Crippen LogP contribution in [0.15, 0.2) is 0 Å². The van der Waals surface area contributed by atoms with E-state index in [9.17, 15) is 14.4 Å². The van der Waals surface area contributed by atoms with Crippen molar-refractivity contribution < 1.29 is 24.6 Å². The molecule has 22 heavy (non-hydrogen) atoms. The second-order valence-electron chi connectivity index (χ2n) is 4.38. The highest BCUT2D eigenvalue weighted by molar-refractivity contribution is 5.77. The molecule has 0 aliphatic carbocycles. The minimum Gasteiger partial charge on any atom is -0.480 e. The zero-order chi connectivity index (χ0) is 17.7. The van der Waals surface area contributed by atoms with Crippen LogP contribution in [-0.2, 0) is 14.4 Å². The molecule has 0 aromatic heterocycles. The molecular formula is C11H24N6O5. The quantitative estimate of drug-likeness (QED) is 0.125. The normalized spacial score (nSPS) is 12.3. The summed E-state index contributed by atoms with van der Waals surface area (Å²) >= 11 is 0. The summed E-state index contributed by atoms with van der Waals surface area (Å²) in [7, 11) is 0. The molecule has 0 rings (SSSR count). The first-order valence-corrected chi connectivity index (χ1v) is 6.40. The molecule has 11 heteroatoms. The summed E-state index contributed by atoms with van der Waals surface area (Å²) in [5.74, 6) is -2.75. The molecule has 0 bridgehead atoms. The third kappa shape index (κ3) is 15.7. The van der Waals surface area contributed by atoms with E-state index in [-0.39, 0.29) is 18.8 Å². The summed E-state index contributed by atoms with van der Waals surface area (Å²) in [6, 6.07) is -1.80. The van der Waals surface area contributed by atoms with Gasteiger partial charge < -0.3 is 38.5 Å². The molecule has 0 aromatic carbocycles. The van der Waals surface area contributed by atoms with E-state index < -0.39 is 29.9 Å². The molecule has 11 nitrogen and oxygen atoms in total. The van der Waals surface area contributed by atoms with Gasteiger partial charge in [-0.3, -0.25) is 19.8 Å². The Morgan fingerprint density at radius 1 is 1.00 bits per heavy atom. The lowest BCUT2D eigenvalue weighted by Gasteiger charge is -2.06. The number of primary amides is 1. The Labute approximate surface area is 127 Å². The number of hydrogen-bond donors (Lipinski definition) is 8. The van der Waals surface area contributed by atoms with Crippen LogP contribution in [0.5, 0.6) is 0 Å². The number of carbonyl (C=O) groups is 3. The van der Waals surface area contributed by atoms with Gasteiger partial charge in [0.05, 0.1) is 0 Å². The highest BCUT2D eigenvalue weighted by atomic mass is 16.4. The van der Waals surface area contributed by atoms with E-state index >= 15 is 0 Å². The average molecular weight is 320 g/mol. The lowest BCUT2D eigenvalue weighted by molar-refractivity contribution is -0.139. The van der Waals surface area contributed by atoms with Gasteiger partial charge in [0.2, 0.25) is 5.91 Å². The molecule has 0 saturated heterocycles. The van der Waals surface area contributed by atoms with Crippen LogP contribution in [0.3, 0.4) is 0 Å². The number of nitrogens with two attached hydrogens (primary N) is 4. The fourth-order valence-electron chi connectivity index (χ4n) is 1.09. The van der Waals surface area contributed by atoms with Gasteiger partial charge in [0.1, 0.15) is 12.1 Å². The van der Waals surface area contributed by atoms with Crippen molar-refractivity contribution in [2.24, 2.45) is 22.9 Å². The van der Waals surface area contributed by atoms with Crippen molar-refractivity contribution in [3.63, 3.8) is 0 Å². The van der Waals surface area contributed by atoms with Crippen LogP contribution >= 0.6 is 0 Å². The summed E-state index contributed by atoms with van der Waals surface area (Å²) in [6.07, 6.45) is 1.10. The Hall–Kier alpha value is -2.40. The molecule has 0 aliphatic rings. The summed E-state index contributed by atoms with van der Waals surface area (Å²) in [5, 5.41) is 25.9. The second kappa shape index (κ2) is 12.3. The first kappa shape index (κ1) is 21.9. The smallest absolute Gasteiger partial charge is 0.320 e. The number of aliphatic carboxylic acids is 2. The van der Waals surface area contributed by atoms with E-state index in [4.69, 9.17) is 38.6 Å². The number of rotatable bonds is 9. The maximum absolute atomic E-state index is 10.2. The van der Waals surface area contributed by atoms with Gasteiger partial charge in [0.25, 0.3) is 0 Å². The van der Waals surface area contributed by atoms with Gasteiger partial charge in [-0.2, -0.15) is 0 Å². The standard InChI is InChI=1S/C6H14N4O2.C5H10N2O3/c7-4(5(11)12)2-1-3-10-6(8)9;6-3(5(9)10)1-2-4(7)8/h4H,1-3,7H2,(H,11,12)(H4,8,9,10);3H,1-2,6H2,(H2,7,8)(H,9,10)/t4-;3-/m00/s1. The van der Waals surface area contributed by atoms with E-state index in [1.807, 2.05) is 0 Å². The second-order valence-corrected chi connectivity index (χ2v) is 4.38. The molecule has 2 atom stereocenters. The van der Waals surface area contributed by atoms with Gasteiger partial charge in [0.15, 0.2) is 5.96 Å². The molecule has 0 unspecified atom stereocenters. The van der Waals surface area contributed by atoms with Crippen molar-refractivity contribution in [2.45, 2.75) is 37.8 Å². The maximum Gasteiger partial charge on any atom is 0.320 e. The van der Waals surface area contributed by atoms with E-state index in [0.717, 1.165) is 0 Å². The average Bonchev–Trinajstić information content (AvgIpc) is 2.40. The van der Waals surface area contributed by atoms with Gasteiger partial charge in [-0.15, -0.1) is 0 Å². The molecule has 0 aliphatic heterocycles. The molecule has 0 aromatic rings. The molecular weight excluding hydrogens is 296 g/mol. The third-order valence-corrected chi connectivity index (χ3v) is 2.34. The number of carboxylic acids is 2. The van der Waals surface area contributed by atoms with Crippen LogP contribution in [0, 0.1) is 5.41 Å².